The molecule has 25 heavy (non-hydrogen) atoms. The molecule has 0 unspecified atom stereocenters. The van der Waals surface area contributed by atoms with Crippen molar-refractivity contribution in [3.8, 4) is 0 Å². The number of hydrogen-bond acceptors (Lipinski definition) is 6. The number of aliphatic hydroxyl groups is 1. The number of nitrogens with zero attached hydrogens (tertiary/aromatic N) is 3. The Kier molecular flexibility index (Phi) is 6.51. The highest BCUT2D eigenvalue weighted by molar-refractivity contribution is 9.10. The first-order chi connectivity index (χ1) is 11.6. The summed E-state index contributed by atoms with van der Waals surface area (Å²) < 4.78 is 6.06. The van der Waals surface area contributed by atoms with Gasteiger partial charge in [-0.05, 0) is 67.6 Å². The van der Waals surface area contributed by atoms with Crippen LogP contribution in [0.15, 0.2) is 10.7 Å². The van der Waals surface area contributed by atoms with Crippen molar-refractivity contribution in [3.05, 3.63) is 16.0 Å². The third-order valence-electron chi connectivity index (χ3n) is 4.04. The summed E-state index contributed by atoms with van der Waals surface area (Å²) in [5, 5.41) is 14.1. The largest absolute Gasteiger partial charge is 0.444 e. The van der Waals surface area contributed by atoms with E-state index in [-0.39, 0.29) is 17.4 Å². The maximum atomic E-state index is 12.3. The molecule has 0 spiro atoms. The number of anilines is 1. The number of likely N-dealkylation sites (N-methyl/N-ethyl adjacent to an activating group) is 1. The van der Waals surface area contributed by atoms with Gasteiger partial charge in [-0.25, -0.2) is 9.78 Å². The van der Waals surface area contributed by atoms with Crippen LogP contribution in [-0.4, -0.2) is 56.9 Å². The Balaban J connectivity index is 2.08. The van der Waals surface area contributed by atoms with Crippen LogP contribution in [0.4, 0.5) is 10.6 Å². The molecule has 1 aromatic rings. The molecular formula is C16H24BrClN4O3. The number of halogens is 2. The number of aliphatic hydroxyl groups excluding tert-OH is 1. The lowest BCUT2D eigenvalue weighted by molar-refractivity contribution is -0.0117. The number of ether oxygens (including phenoxy) is 1. The lowest BCUT2D eigenvalue weighted by Crippen LogP contribution is -2.54. The molecule has 0 aromatic carbocycles. The van der Waals surface area contributed by atoms with Gasteiger partial charge >= 0.3 is 6.09 Å². The van der Waals surface area contributed by atoms with Crippen molar-refractivity contribution in [1.82, 2.24) is 14.9 Å². The van der Waals surface area contributed by atoms with Gasteiger partial charge in [0.05, 0.1) is 22.7 Å². The van der Waals surface area contributed by atoms with E-state index in [9.17, 15) is 9.90 Å². The molecule has 2 N–H and O–H groups in total. The van der Waals surface area contributed by atoms with Gasteiger partial charge in [0.25, 0.3) is 0 Å². The van der Waals surface area contributed by atoms with Gasteiger partial charge in [0, 0.05) is 13.2 Å². The van der Waals surface area contributed by atoms with Crippen LogP contribution < -0.4 is 5.32 Å². The molecule has 0 saturated heterocycles. The van der Waals surface area contributed by atoms with E-state index in [0.29, 0.717) is 16.7 Å². The van der Waals surface area contributed by atoms with E-state index in [0.717, 1.165) is 12.8 Å². The van der Waals surface area contributed by atoms with E-state index in [2.05, 4.69) is 31.2 Å². The quantitative estimate of drug-likeness (QED) is 0.707. The molecule has 7 nitrogen and oxygen atoms in total. The standard InChI is InChI=1S/C16H24BrClN4O3/c1-16(2,3)25-15(24)22(4)11-7-5-6-10(12(11)23)20-13-9(17)8-19-14(18)21-13/h8,10-12,23H,5-7H2,1-4H3,(H,19,20,21)/t10-,11-,12-/m0/s1. The fourth-order valence-corrected chi connectivity index (χ4v) is 3.27. The maximum absolute atomic E-state index is 12.3. The summed E-state index contributed by atoms with van der Waals surface area (Å²) in [6.45, 7) is 5.45. The Morgan fingerprint density at radius 2 is 2.16 bits per heavy atom. The highest BCUT2D eigenvalue weighted by atomic mass is 79.9. The Morgan fingerprint density at radius 3 is 2.80 bits per heavy atom. The molecule has 1 fully saturated rings. The number of aromatic nitrogens is 2. The summed E-state index contributed by atoms with van der Waals surface area (Å²) >= 11 is 9.20. The Hall–Kier alpha value is -1.12. The highest BCUT2D eigenvalue weighted by Gasteiger charge is 2.37. The zero-order valence-electron chi connectivity index (χ0n) is 14.8. The smallest absolute Gasteiger partial charge is 0.410 e. The van der Waals surface area contributed by atoms with Crippen LogP contribution in [0.2, 0.25) is 5.28 Å². The summed E-state index contributed by atoms with van der Waals surface area (Å²) in [4.78, 5) is 21.8. The molecular weight excluding hydrogens is 412 g/mol. The molecule has 140 valence electrons. The Bertz CT molecular complexity index is 626. The number of carbonyl (C=O) groups is 1. The lowest BCUT2D eigenvalue weighted by Gasteiger charge is -2.40. The van der Waals surface area contributed by atoms with E-state index < -0.39 is 17.8 Å². The van der Waals surface area contributed by atoms with Gasteiger partial charge in [-0.1, -0.05) is 0 Å². The summed E-state index contributed by atoms with van der Waals surface area (Å²) in [5.74, 6) is 0.518. The number of carbonyl (C=O) groups excluding carboxylic acids is 1. The summed E-state index contributed by atoms with van der Waals surface area (Å²) in [6.07, 6.45) is 2.69. The van der Waals surface area contributed by atoms with E-state index in [1.165, 1.54) is 4.90 Å². The van der Waals surface area contributed by atoms with E-state index in [4.69, 9.17) is 16.3 Å². The molecule has 1 aromatic heterocycles. The van der Waals surface area contributed by atoms with Gasteiger partial charge in [0.1, 0.15) is 11.4 Å². The van der Waals surface area contributed by atoms with E-state index >= 15 is 0 Å². The third-order valence-corrected chi connectivity index (χ3v) is 4.80. The number of nitrogens with one attached hydrogen (secondary N) is 1. The Labute approximate surface area is 161 Å². The topological polar surface area (TPSA) is 87.6 Å². The van der Waals surface area contributed by atoms with Crippen molar-refractivity contribution in [2.24, 2.45) is 0 Å². The van der Waals surface area contributed by atoms with Crippen LogP contribution in [0.1, 0.15) is 40.0 Å². The minimum absolute atomic E-state index is 0.124. The lowest BCUT2D eigenvalue weighted by atomic mass is 9.87. The summed E-state index contributed by atoms with van der Waals surface area (Å²) in [7, 11) is 1.65. The molecule has 0 bridgehead atoms. The van der Waals surface area contributed by atoms with Crippen LogP contribution in [0, 0.1) is 0 Å². The fraction of sp³-hybridized carbons (Fsp3) is 0.688. The first-order valence-electron chi connectivity index (χ1n) is 8.17. The van der Waals surface area contributed by atoms with Crippen molar-refractivity contribution in [2.45, 2.75) is 63.8 Å². The average Bonchev–Trinajstić information content (AvgIpc) is 2.50. The second kappa shape index (κ2) is 8.05. The number of hydrogen-bond donors (Lipinski definition) is 2. The van der Waals surface area contributed by atoms with Crippen molar-refractivity contribution in [2.75, 3.05) is 12.4 Å². The number of amides is 1. The van der Waals surface area contributed by atoms with Gasteiger partial charge in [-0.2, -0.15) is 4.98 Å². The van der Waals surface area contributed by atoms with Gasteiger partial charge in [-0.3, -0.25) is 0 Å². The second-order valence-corrected chi connectivity index (χ2v) is 8.36. The third kappa shape index (κ3) is 5.43. The van der Waals surface area contributed by atoms with Crippen LogP contribution in [0.5, 0.6) is 0 Å². The van der Waals surface area contributed by atoms with E-state index in [1.807, 2.05) is 20.8 Å². The van der Waals surface area contributed by atoms with Gasteiger partial charge in [0.2, 0.25) is 5.28 Å². The van der Waals surface area contributed by atoms with E-state index in [1.54, 1.807) is 13.2 Å². The van der Waals surface area contributed by atoms with Crippen molar-refractivity contribution >= 4 is 39.4 Å². The maximum Gasteiger partial charge on any atom is 0.410 e. The zero-order valence-corrected chi connectivity index (χ0v) is 17.1. The van der Waals surface area contributed by atoms with Gasteiger partial charge in [0.15, 0.2) is 0 Å². The normalized spacial score (nSPS) is 23.9. The van der Waals surface area contributed by atoms with Gasteiger partial charge < -0.3 is 20.1 Å². The molecule has 0 aliphatic heterocycles. The highest BCUT2D eigenvalue weighted by Crippen LogP contribution is 2.29. The molecule has 9 heteroatoms. The first kappa shape index (κ1) is 20.2. The molecule has 1 aliphatic carbocycles. The Morgan fingerprint density at radius 1 is 1.48 bits per heavy atom. The minimum atomic E-state index is -0.757. The predicted octanol–water partition coefficient (Wildman–Crippen LogP) is 3.45. The summed E-state index contributed by atoms with van der Waals surface area (Å²) in [5.41, 5.74) is -0.578. The average molecular weight is 436 g/mol. The van der Waals surface area contributed by atoms with Crippen molar-refractivity contribution < 1.29 is 14.6 Å². The van der Waals surface area contributed by atoms with Crippen molar-refractivity contribution in [1.29, 1.82) is 0 Å². The SMILES string of the molecule is CN(C(=O)OC(C)(C)C)[C@H]1CCC[C@H](Nc2nc(Cl)ncc2Br)[C@@H]1O. The van der Waals surface area contributed by atoms with Crippen LogP contribution in [0.25, 0.3) is 0 Å². The predicted molar refractivity (Wildman–Crippen MR) is 99.8 cm³/mol. The first-order valence-corrected chi connectivity index (χ1v) is 9.34. The van der Waals surface area contributed by atoms with Crippen LogP contribution >= 0.6 is 27.5 Å². The molecule has 3 atom stereocenters. The zero-order chi connectivity index (χ0) is 18.8. The molecule has 1 aliphatic rings. The molecule has 2 rings (SSSR count). The fourth-order valence-electron chi connectivity index (χ4n) is 2.83. The van der Waals surface area contributed by atoms with Gasteiger partial charge in [-0.15, -0.1) is 0 Å². The molecule has 1 saturated carbocycles. The molecule has 1 amide bonds. The van der Waals surface area contributed by atoms with Crippen molar-refractivity contribution in [3.63, 3.8) is 0 Å². The molecule has 0 radical (unpaired) electrons. The monoisotopic (exact) mass is 434 g/mol. The number of rotatable bonds is 3. The molecule has 1 heterocycles. The second-order valence-electron chi connectivity index (χ2n) is 7.17. The van der Waals surface area contributed by atoms with Crippen LogP contribution in [-0.2, 0) is 4.74 Å². The van der Waals surface area contributed by atoms with Crippen LogP contribution in [0.3, 0.4) is 0 Å². The minimum Gasteiger partial charge on any atom is -0.444 e. The summed E-state index contributed by atoms with van der Waals surface area (Å²) in [6, 6.07) is -0.594.